The van der Waals surface area contributed by atoms with Gasteiger partial charge in [-0.3, -0.25) is 4.68 Å². The van der Waals surface area contributed by atoms with Crippen LogP contribution in [0.4, 0.5) is 20.6 Å². The summed E-state index contributed by atoms with van der Waals surface area (Å²) in [6.07, 6.45) is 6.77. The number of carbonyl (C=O) groups excluding carboxylic acids is 1. The van der Waals surface area contributed by atoms with Crippen molar-refractivity contribution in [1.82, 2.24) is 9.78 Å². The van der Waals surface area contributed by atoms with Crippen molar-refractivity contribution in [2.45, 2.75) is 31.9 Å². The third kappa shape index (κ3) is 4.29. The van der Waals surface area contributed by atoms with Crippen molar-refractivity contribution in [3.05, 3.63) is 42.5 Å². The Labute approximate surface area is 133 Å². The molecule has 1 atom stereocenters. The number of carbonyl (C=O) groups is 1. The van der Waals surface area contributed by atoms with Crippen LogP contribution in [0.15, 0.2) is 36.7 Å². The van der Waals surface area contributed by atoms with Gasteiger partial charge in [0, 0.05) is 12.8 Å². The van der Waals surface area contributed by atoms with Crippen LogP contribution in [0.25, 0.3) is 0 Å². The lowest BCUT2D eigenvalue weighted by Crippen LogP contribution is -2.24. The molecule has 0 spiro atoms. The van der Waals surface area contributed by atoms with E-state index in [0.717, 1.165) is 19.4 Å². The number of rotatable bonds is 4. The number of halogens is 1. The summed E-state index contributed by atoms with van der Waals surface area (Å²) >= 11 is 0. The summed E-state index contributed by atoms with van der Waals surface area (Å²) in [6, 6.07) is 5.50. The predicted molar refractivity (Wildman–Crippen MR) is 84.9 cm³/mol. The fraction of sp³-hybridized carbons (Fsp3) is 0.375. The molecule has 0 bridgehead atoms. The van der Waals surface area contributed by atoms with E-state index in [1.807, 2.05) is 0 Å². The molecule has 6 nitrogen and oxygen atoms in total. The highest BCUT2D eigenvalue weighted by Crippen LogP contribution is 2.16. The summed E-state index contributed by atoms with van der Waals surface area (Å²) in [6.45, 7) is 1.46. The second kappa shape index (κ2) is 7.23. The Bertz CT molecular complexity index is 668. The number of hydrogen-bond acceptors (Lipinski definition) is 3. The first kappa shape index (κ1) is 15.5. The van der Waals surface area contributed by atoms with E-state index in [9.17, 15) is 9.18 Å². The highest BCUT2D eigenvalue weighted by Gasteiger charge is 2.15. The van der Waals surface area contributed by atoms with E-state index in [1.165, 1.54) is 18.6 Å². The van der Waals surface area contributed by atoms with Crippen molar-refractivity contribution in [3.8, 4) is 0 Å². The monoisotopic (exact) mass is 318 g/mol. The zero-order valence-corrected chi connectivity index (χ0v) is 12.7. The Morgan fingerprint density at radius 1 is 1.35 bits per heavy atom. The van der Waals surface area contributed by atoms with Crippen molar-refractivity contribution >= 4 is 17.4 Å². The van der Waals surface area contributed by atoms with Gasteiger partial charge in [-0.2, -0.15) is 5.10 Å². The van der Waals surface area contributed by atoms with Gasteiger partial charge in [0.1, 0.15) is 5.82 Å². The molecule has 1 aromatic carbocycles. The van der Waals surface area contributed by atoms with Crippen LogP contribution in [0, 0.1) is 5.82 Å². The second-order valence-electron chi connectivity index (χ2n) is 5.50. The number of nitrogens with zero attached hydrogens (tertiary/aromatic N) is 2. The zero-order chi connectivity index (χ0) is 16.1. The fourth-order valence-electron chi connectivity index (χ4n) is 2.54. The molecule has 0 unspecified atom stereocenters. The van der Waals surface area contributed by atoms with Crippen LogP contribution in [0.3, 0.4) is 0 Å². The molecular weight excluding hydrogens is 299 g/mol. The summed E-state index contributed by atoms with van der Waals surface area (Å²) in [5.41, 5.74) is 0.683. The van der Waals surface area contributed by atoms with Crippen molar-refractivity contribution in [2.24, 2.45) is 0 Å². The number of amides is 2. The maximum atomic E-state index is 13.5. The van der Waals surface area contributed by atoms with E-state index in [4.69, 9.17) is 4.74 Å². The minimum absolute atomic E-state index is 0.132. The molecular formula is C16H19FN4O2. The molecule has 1 aliphatic rings. The Kier molecular flexibility index (Phi) is 4.87. The smallest absolute Gasteiger partial charge is 0.323 e. The Morgan fingerprint density at radius 2 is 2.22 bits per heavy atom. The molecule has 1 saturated heterocycles. The Hall–Kier alpha value is -2.41. The lowest BCUT2D eigenvalue weighted by Gasteiger charge is -2.22. The minimum Gasteiger partial charge on any atom is -0.376 e. The Morgan fingerprint density at radius 3 is 3.00 bits per heavy atom. The average Bonchev–Trinajstić information content (AvgIpc) is 2.97. The number of nitrogens with one attached hydrogen (secondary N) is 2. The summed E-state index contributed by atoms with van der Waals surface area (Å²) in [5, 5.41) is 9.30. The second-order valence-corrected chi connectivity index (χ2v) is 5.50. The van der Waals surface area contributed by atoms with Crippen molar-refractivity contribution < 1.29 is 13.9 Å². The first-order valence-electron chi connectivity index (χ1n) is 7.67. The van der Waals surface area contributed by atoms with Gasteiger partial charge in [-0.05, 0) is 31.4 Å². The third-order valence-electron chi connectivity index (χ3n) is 3.68. The van der Waals surface area contributed by atoms with Gasteiger partial charge < -0.3 is 15.4 Å². The number of urea groups is 1. The molecule has 1 fully saturated rings. The molecule has 0 aliphatic carbocycles. The fourth-order valence-corrected chi connectivity index (χ4v) is 2.54. The molecule has 2 N–H and O–H groups in total. The van der Waals surface area contributed by atoms with Crippen molar-refractivity contribution in [2.75, 3.05) is 17.2 Å². The summed E-state index contributed by atoms with van der Waals surface area (Å²) in [5.74, 6) is -0.479. The van der Waals surface area contributed by atoms with E-state index in [1.54, 1.807) is 29.2 Å². The minimum atomic E-state index is -0.511. The van der Waals surface area contributed by atoms with Crippen LogP contribution in [0.2, 0.25) is 0 Å². The first-order chi connectivity index (χ1) is 11.2. The third-order valence-corrected chi connectivity index (χ3v) is 3.68. The first-order valence-corrected chi connectivity index (χ1v) is 7.67. The highest BCUT2D eigenvalue weighted by molar-refractivity contribution is 5.99. The predicted octanol–water partition coefficient (Wildman–Crippen LogP) is 3.24. The van der Waals surface area contributed by atoms with Gasteiger partial charge in [-0.25, -0.2) is 9.18 Å². The van der Waals surface area contributed by atoms with E-state index in [-0.39, 0.29) is 11.8 Å². The molecule has 0 radical (unpaired) electrons. The van der Waals surface area contributed by atoms with Gasteiger partial charge in [0.05, 0.1) is 30.2 Å². The van der Waals surface area contributed by atoms with E-state index >= 15 is 0 Å². The number of benzene rings is 1. The molecule has 2 amide bonds. The highest BCUT2D eigenvalue weighted by atomic mass is 19.1. The van der Waals surface area contributed by atoms with Gasteiger partial charge in [0.2, 0.25) is 0 Å². The van der Waals surface area contributed by atoms with E-state index in [2.05, 4.69) is 15.7 Å². The summed E-state index contributed by atoms with van der Waals surface area (Å²) < 4.78 is 20.9. The normalized spacial score (nSPS) is 17.7. The lowest BCUT2D eigenvalue weighted by molar-refractivity contribution is 0.00401. The summed E-state index contributed by atoms with van der Waals surface area (Å²) in [7, 11) is 0. The van der Waals surface area contributed by atoms with Crippen LogP contribution in [-0.4, -0.2) is 28.5 Å². The number of anilines is 2. The van der Waals surface area contributed by atoms with Crippen LogP contribution < -0.4 is 10.6 Å². The van der Waals surface area contributed by atoms with Gasteiger partial charge in [-0.1, -0.05) is 12.1 Å². The average molecular weight is 318 g/mol. The molecule has 1 aromatic heterocycles. The SMILES string of the molecule is O=C(Nc1cnn(C[C@H]2CCCCO2)c1)Nc1ccccc1F. The van der Waals surface area contributed by atoms with Crippen LogP contribution in [0.5, 0.6) is 0 Å². The van der Waals surface area contributed by atoms with Gasteiger partial charge in [0.25, 0.3) is 0 Å². The number of para-hydroxylation sites is 1. The van der Waals surface area contributed by atoms with Crippen molar-refractivity contribution in [3.63, 3.8) is 0 Å². The lowest BCUT2D eigenvalue weighted by atomic mass is 10.1. The molecule has 122 valence electrons. The standard InChI is InChI=1S/C16H19FN4O2/c17-14-6-1-2-7-15(14)20-16(22)19-12-9-18-21(10-12)11-13-5-3-4-8-23-13/h1-2,6-7,9-10,13H,3-5,8,11H2,(H2,19,20,22)/t13-/m1/s1. The van der Waals surface area contributed by atoms with E-state index < -0.39 is 11.8 Å². The van der Waals surface area contributed by atoms with Gasteiger partial charge in [-0.15, -0.1) is 0 Å². The number of ether oxygens (including phenoxy) is 1. The van der Waals surface area contributed by atoms with Crippen LogP contribution >= 0.6 is 0 Å². The largest absolute Gasteiger partial charge is 0.376 e. The topological polar surface area (TPSA) is 68.2 Å². The maximum Gasteiger partial charge on any atom is 0.323 e. The molecule has 3 rings (SSSR count). The molecule has 7 heteroatoms. The molecule has 0 saturated carbocycles. The van der Waals surface area contributed by atoms with Crippen molar-refractivity contribution in [1.29, 1.82) is 0 Å². The molecule has 2 aromatic rings. The van der Waals surface area contributed by atoms with Crippen LogP contribution in [-0.2, 0) is 11.3 Å². The number of aromatic nitrogens is 2. The maximum absolute atomic E-state index is 13.5. The van der Waals surface area contributed by atoms with Gasteiger partial charge >= 0.3 is 6.03 Å². The molecule has 23 heavy (non-hydrogen) atoms. The number of hydrogen-bond donors (Lipinski definition) is 2. The van der Waals surface area contributed by atoms with Gasteiger partial charge in [0.15, 0.2) is 0 Å². The van der Waals surface area contributed by atoms with Crippen LogP contribution in [0.1, 0.15) is 19.3 Å². The molecule has 2 heterocycles. The summed E-state index contributed by atoms with van der Waals surface area (Å²) in [4.78, 5) is 11.9. The zero-order valence-electron chi connectivity index (χ0n) is 12.7. The Balaban J connectivity index is 1.54. The quantitative estimate of drug-likeness (QED) is 0.909. The van der Waals surface area contributed by atoms with E-state index in [0.29, 0.717) is 12.2 Å². The molecule has 1 aliphatic heterocycles.